The second-order valence-corrected chi connectivity index (χ2v) is 3.99. The minimum Gasteiger partial charge on any atom is -0.508 e. The van der Waals surface area contributed by atoms with Crippen LogP contribution in [0.15, 0.2) is 24.3 Å². The molecular weight excluding hydrogens is 162 g/mol. The second kappa shape index (κ2) is 3.38. The highest BCUT2D eigenvalue weighted by Crippen LogP contribution is 2.27. The number of phenolic OH excluding ortho intramolecular Hbond substituents is 1. The lowest BCUT2D eigenvalue weighted by molar-refractivity contribution is 0.348. The van der Waals surface area contributed by atoms with E-state index in [-0.39, 0.29) is 11.3 Å². The van der Waals surface area contributed by atoms with E-state index in [0.29, 0.717) is 5.92 Å². The van der Waals surface area contributed by atoms with Gasteiger partial charge in [-0.15, -0.1) is 0 Å². The fourth-order valence-electron chi connectivity index (χ4n) is 1.17. The van der Waals surface area contributed by atoms with Gasteiger partial charge in [-0.05, 0) is 30.5 Å². The highest BCUT2D eigenvalue weighted by Gasteiger charge is 2.25. The summed E-state index contributed by atoms with van der Waals surface area (Å²) < 4.78 is 0. The number of hydrogen-bond donors (Lipinski definition) is 2. The summed E-state index contributed by atoms with van der Waals surface area (Å²) in [6, 6.07) is 7.14. The first-order valence-electron chi connectivity index (χ1n) is 4.53. The SMILES string of the molecule is CC(C)[C@](C)(N)c1cccc(O)c1. The first-order chi connectivity index (χ1) is 5.94. The molecule has 0 fully saturated rings. The smallest absolute Gasteiger partial charge is 0.115 e. The Balaban J connectivity index is 3.07. The van der Waals surface area contributed by atoms with Crippen LogP contribution in [-0.4, -0.2) is 5.11 Å². The molecule has 1 rings (SSSR count). The molecule has 1 atom stereocenters. The van der Waals surface area contributed by atoms with E-state index < -0.39 is 0 Å². The van der Waals surface area contributed by atoms with E-state index in [1.165, 1.54) is 0 Å². The Bertz CT molecular complexity index is 292. The van der Waals surface area contributed by atoms with Gasteiger partial charge in [0.25, 0.3) is 0 Å². The summed E-state index contributed by atoms with van der Waals surface area (Å²) >= 11 is 0. The summed E-state index contributed by atoms with van der Waals surface area (Å²) in [4.78, 5) is 0. The van der Waals surface area contributed by atoms with Crippen LogP contribution in [0.5, 0.6) is 5.75 Å². The van der Waals surface area contributed by atoms with E-state index in [2.05, 4.69) is 13.8 Å². The van der Waals surface area contributed by atoms with Crippen LogP contribution in [-0.2, 0) is 5.54 Å². The molecule has 2 heteroatoms. The Hall–Kier alpha value is -1.02. The number of benzene rings is 1. The largest absolute Gasteiger partial charge is 0.508 e. The van der Waals surface area contributed by atoms with E-state index >= 15 is 0 Å². The molecule has 13 heavy (non-hydrogen) atoms. The fourth-order valence-corrected chi connectivity index (χ4v) is 1.17. The van der Waals surface area contributed by atoms with Crippen LogP contribution >= 0.6 is 0 Å². The van der Waals surface area contributed by atoms with Crippen LogP contribution in [0.3, 0.4) is 0 Å². The molecule has 72 valence electrons. The predicted molar refractivity (Wildman–Crippen MR) is 54.5 cm³/mol. The number of hydrogen-bond acceptors (Lipinski definition) is 2. The molecular formula is C11H17NO. The molecule has 1 aromatic rings. The van der Waals surface area contributed by atoms with Crippen molar-refractivity contribution in [3.63, 3.8) is 0 Å². The predicted octanol–water partition coefficient (Wildman–Crippen LogP) is 2.22. The summed E-state index contributed by atoms with van der Waals surface area (Å²) in [6.07, 6.45) is 0. The molecule has 0 saturated heterocycles. The van der Waals surface area contributed by atoms with E-state index in [1.54, 1.807) is 12.1 Å². The van der Waals surface area contributed by atoms with Gasteiger partial charge in [-0.1, -0.05) is 26.0 Å². The standard InChI is InChI=1S/C11H17NO/c1-8(2)11(3,12)9-5-4-6-10(13)7-9/h4-8,13H,12H2,1-3H3/t11-/m0/s1. The van der Waals surface area contributed by atoms with Crippen molar-refractivity contribution in [2.45, 2.75) is 26.3 Å². The third-order valence-electron chi connectivity index (χ3n) is 2.67. The fraction of sp³-hybridized carbons (Fsp3) is 0.455. The zero-order chi connectivity index (χ0) is 10.1. The quantitative estimate of drug-likeness (QED) is 0.731. The average molecular weight is 179 g/mol. The number of rotatable bonds is 2. The monoisotopic (exact) mass is 179 g/mol. The van der Waals surface area contributed by atoms with Crippen molar-refractivity contribution in [2.24, 2.45) is 11.7 Å². The van der Waals surface area contributed by atoms with E-state index in [1.807, 2.05) is 19.1 Å². The van der Waals surface area contributed by atoms with Gasteiger partial charge >= 0.3 is 0 Å². The number of nitrogens with two attached hydrogens (primary N) is 1. The first kappa shape index (κ1) is 10.1. The van der Waals surface area contributed by atoms with Gasteiger partial charge in [-0.3, -0.25) is 0 Å². The normalized spacial score (nSPS) is 15.8. The first-order valence-corrected chi connectivity index (χ1v) is 4.53. The van der Waals surface area contributed by atoms with Gasteiger partial charge in [0.2, 0.25) is 0 Å². The Morgan fingerprint density at radius 1 is 1.38 bits per heavy atom. The molecule has 0 unspecified atom stereocenters. The minimum atomic E-state index is -0.376. The number of aromatic hydroxyl groups is 1. The Kier molecular flexibility index (Phi) is 2.62. The van der Waals surface area contributed by atoms with Crippen LogP contribution in [0.25, 0.3) is 0 Å². The lowest BCUT2D eigenvalue weighted by Crippen LogP contribution is -2.38. The van der Waals surface area contributed by atoms with Gasteiger partial charge in [0.15, 0.2) is 0 Å². The molecule has 0 amide bonds. The van der Waals surface area contributed by atoms with Crippen molar-refractivity contribution in [1.29, 1.82) is 0 Å². The van der Waals surface area contributed by atoms with Crippen LogP contribution in [0.1, 0.15) is 26.3 Å². The summed E-state index contributed by atoms with van der Waals surface area (Å²) in [5.74, 6) is 0.615. The molecule has 0 radical (unpaired) electrons. The highest BCUT2D eigenvalue weighted by molar-refractivity contribution is 5.32. The lowest BCUT2D eigenvalue weighted by atomic mass is 9.83. The van der Waals surface area contributed by atoms with Gasteiger partial charge in [0.1, 0.15) is 5.75 Å². The zero-order valence-electron chi connectivity index (χ0n) is 8.41. The zero-order valence-corrected chi connectivity index (χ0v) is 8.41. The second-order valence-electron chi connectivity index (χ2n) is 3.99. The van der Waals surface area contributed by atoms with E-state index in [4.69, 9.17) is 5.73 Å². The number of phenols is 1. The third kappa shape index (κ3) is 2.01. The van der Waals surface area contributed by atoms with Gasteiger partial charge in [-0.2, -0.15) is 0 Å². The van der Waals surface area contributed by atoms with E-state index in [0.717, 1.165) is 5.56 Å². The molecule has 0 aliphatic carbocycles. The van der Waals surface area contributed by atoms with Crippen LogP contribution in [0.4, 0.5) is 0 Å². The summed E-state index contributed by atoms with van der Waals surface area (Å²) in [6.45, 7) is 6.13. The van der Waals surface area contributed by atoms with Crippen molar-refractivity contribution < 1.29 is 5.11 Å². The molecule has 0 bridgehead atoms. The van der Waals surface area contributed by atoms with Gasteiger partial charge in [-0.25, -0.2) is 0 Å². The van der Waals surface area contributed by atoms with E-state index in [9.17, 15) is 5.11 Å². The lowest BCUT2D eigenvalue weighted by Gasteiger charge is -2.29. The van der Waals surface area contributed by atoms with Crippen molar-refractivity contribution in [2.75, 3.05) is 0 Å². The maximum Gasteiger partial charge on any atom is 0.115 e. The van der Waals surface area contributed by atoms with Gasteiger partial charge in [0, 0.05) is 5.54 Å². The van der Waals surface area contributed by atoms with Crippen molar-refractivity contribution in [3.05, 3.63) is 29.8 Å². The molecule has 1 aromatic carbocycles. The molecule has 0 spiro atoms. The summed E-state index contributed by atoms with van der Waals surface area (Å²) in [7, 11) is 0. The van der Waals surface area contributed by atoms with Crippen molar-refractivity contribution >= 4 is 0 Å². The third-order valence-corrected chi connectivity index (χ3v) is 2.67. The van der Waals surface area contributed by atoms with Crippen LogP contribution in [0.2, 0.25) is 0 Å². The maximum absolute atomic E-state index is 9.30. The molecule has 0 aliphatic heterocycles. The molecule has 0 saturated carbocycles. The van der Waals surface area contributed by atoms with Crippen molar-refractivity contribution in [3.8, 4) is 5.75 Å². The van der Waals surface area contributed by atoms with Gasteiger partial charge in [0.05, 0.1) is 0 Å². The summed E-state index contributed by atoms with van der Waals surface area (Å²) in [5.41, 5.74) is 6.74. The maximum atomic E-state index is 9.30. The summed E-state index contributed by atoms with van der Waals surface area (Å²) in [5, 5.41) is 9.30. The highest BCUT2D eigenvalue weighted by atomic mass is 16.3. The molecule has 3 N–H and O–H groups in total. The molecule has 2 nitrogen and oxygen atoms in total. The molecule has 0 aliphatic rings. The minimum absolute atomic E-state index is 0.273. The van der Waals surface area contributed by atoms with Crippen molar-refractivity contribution in [1.82, 2.24) is 0 Å². The Labute approximate surface area is 79.4 Å². The molecule has 0 aromatic heterocycles. The van der Waals surface area contributed by atoms with Crippen LogP contribution < -0.4 is 5.73 Å². The van der Waals surface area contributed by atoms with Gasteiger partial charge < -0.3 is 10.8 Å². The Morgan fingerprint density at radius 2 is 2.00 bits per heavy atom. The average Bonchev–Trinajstić information content (AvgIpc) is 2.04. The van der Waals surface area contributed by atoms with Crippen LogP contribution in [0, 0.1) is 5.92 Å². The Morgan fingerprint density at radius 3 is 2.46 bits per heavy atom. The topological polar surface area (TPSA) is 46.2 Å². The molecule has 0 heterocycles.